The van der Waals surface area contributed by atoms with Gasteiger partial charge >= 0.3 is 0 Å². The number of carbonyl (C=O) groups is 1. The maximum Gasteiger partial charge on any atom is 0.240 e. The van der Waals surface area contributed by atoms with E-state index in [4.69, 9.17) is 15.2 Å². The van der Waals surface area contributed by atoms with Crippen molar-refractivity contribution in [3.05, 3.63) is 102 Å². The van der Waals surface area contributed by atoms with Gasteiger partial charge in [-0.3, -0.25) is 9.20 Å². The van der Waals surface area contributed by atoms with Gasteiger partial charge in [0, 0.05) is 11.6 Å². The van der Waals surface area contributed by atoms with Gasteiger partial charge in [-0.25, -0.2) is 4.98 Å². The van der Waals surface area contributed by atoms with E-state index in [1.165, 1.54) is 0 Å². The van der Waals surface area contributed by atoms with Gasteiger partial charge in [-0.2, -0.15) is 0 Å². The van der Waals surface area contributed by atoms with Gasteiger partial charge in [0.2, 0.25) is 11.6 Å². The summed E-state index contributed by atoms with van der Waals surface area (Å²) in [7, 11) is 0. The number of benzene rings is 2. The number of para-hydroxylation sites is 1. The molecule has 0 saturated carbocycles. The molecule has 0 spiro atoms. The third-order valence-corrected chi connectivity index (χ3v) is 6.06. The fourth-order valence-electron chi connectivity index (χ4n) is 3.99. The van der Waals surface area contributed by atoms with Crippen molar-refractivity contribution < 1.29 is 14.3 Å². The second-order valence-electron chi connectivity index (χ2n) is 9.66. The zero-order chi connectivity index (χ0) is 26.5. The molecule has 3 N–H and O–H groups in total. The van der Waals surface area contributed by atoms with Crippen LogP contribution in [0.4, 0.5) is 0 Å². The molecule has 1 amide bonds. The van der Waals surface area contributed by atoms with Crippen molar-refractivity contribution in [2.45, 2.75) is 38.6 Å². The number of rotatable bonds is 10. The minimum atomic E-state index is -1.07. The fourth-order valence-corrected chi connectivity index (χ4v) is 3.99. The molecule has 194 valence electrons. The van der Waals surface area contributed by atoms with Gasteiger partial charge in [0.05, 0.1) is 30.0 Å². The number of ether oxygens (including phenoxy) is 2. The molecule has 2 aromatic carbocycles. The number of aromatic nitrogens is 4. The second kappa shape index (κ2) is 11.0. The molecule has 0 unspecified atom stereocenters. The molecule has 9 heteroatoms. The Labute approximate surface area is 220 Å². The van der Waals surface area contributed by atoms with E-state index in [9.17, 15) is 4.79 Å². The topological polar surface area (TPSA) is 117 Å². The van der Waals surface area contributed by atoms with Crippen LogP contribution in [0.15, 0.2) is 85.1 Å². The predicted molar refractivity (Wildman–Crippen MR) is 144 cm³/mol. The molecule has 3 heterocycles. The Kier molecular flexibility index (Phi) is 7.30. The average Bonchev–Trinajstić information content (AvgIpc) is 3.36. The minimum absolute atomic E-state index is 0.184. The molecular weight excluding hydrogens is 480 g/mol. The van der Waals surface area contributed by atoms with Crippen molar-refractivity contribution in [2.75, 3.05) is 6.61 Å². The molecule has 0 aliphatic rings. The lowest BCUT2D eigenvalue weighted by atomic mass is 10.1. The van der Waals surface area contributed by atoms with Gasteiger partial charge in [-0.1, -0.05) is 54.6 Å². The smallest absolute Gasteiger partial charge is 0.240 e. The van der Waals surface area contributed by atoms with Gasteiger partial charge in [0.1, 0.15) is 12.6 Å². The normalized spacial score (nSPS) is 12.5. The Balaban J connectivity index is 1.36. The standard InChI is InChI=1S/C29H30N6O3/c1-29(2,30)28(36)32-24(19-37-17-20-9-4-3-5-10-20)26-33-34-27-25(13-8-16-35(26)27)38-18-22-15-14-21-11-6-7-12-23(21)31-22/h3-16,24H,17-19,30H2,1-2H3,(H,32,36)/t24-/m1/s1. The van der Waals surface area contributed by atoms with Crippen molar-refractivity contribution in [1.82, 2.24) is 24.9 Å². The summed E-state index contributed by atoms with van der Waals surface area (Å²) in [5, 5.41) is 12.8. The van der Waals surface area contributed by atoms with E-state index in [2.05, 4.69) is 20.5 Å². The van der Waals surface area contributed by atoms with Crippen LogP contribution in [0, 0.1) is 0 Å². The highest BCUT2D eigenvalue weighted by Crippen LogP contribution is 2.23. The van der Waals surface area contributed by atoms with Gasteiger partial charge in [-0.15, -0.1) is 10.2 Å². The van der Waals surface area contributed by atoms with Crippen LogP contribution < -0.4 is 15.8 Å². The third-order valence-electron chi connectivity index (χ3n) is 6.06. The first-order chi connectivity index (χ1) is 18.4. The zero-order valence-corrected chi connectivity index (χ0v) is 21.4. The Bertz CT molecular complexity index is 1540. The molecule has 0 aliphatic carbocycles. The summed E-state index contributed by atoms with van der Waals surface area (Å²) in [4.78, 5) is 17.5. The highest BCUT2D eigenvalue weighted by Gasteiger charge is 2.28. The number of carbonyl (C=O) groups excluding carboxylic acids is 1. The van der Waals surface area contributed by atoms with Crippen LogP contribution in [0.25, 0.3) is 16.6 Å². The lowest BCUT2D eigenvalue weighted by Gasteiger charge is -2.23. The number of nitrogens with one attached hydrogen (secondary N) is 1. The lowest BCUT2D eigenvalue weighted by Crippen LogP contribution is -2.50. The van der Waals surface area contributed by atoms with Crippen LogP contribution in [0.5, 0.6) is 5.75 Å². The number of amides is 1. The predicted octanol–water partition coefficient (Wildman–Crippen LogP) is 3.97. The summed E-state index contributed by atoms with van der Waals surface area (Å²) in [6.07, 6.45) is 1.83. The molecular formula is C29H30N6O3. The average molecular weight is 511 g/mol. The van der Waals surface area contributed by atoms with Crippen LogP contribution in [-0.2, 0) is 22.7 Å². The zero-order valence-electron chi connectivity index (χ0n) is 21.4. The number of fused-ring (bicyclic) bond motifs is 2. The molecule has 3 aromatic heterocycles. The van der Waals surface area contributed by atoms with Crippen molar-refractivity contribution in [3.63, 3.8) is 0 Å². The van der Waals surface area contributed by atoms with Gasteiger partial charge < -0.3 is 20.5 Å². The number of pyridine rings is 2. The molecule has 0 bridgehead atoms. The second-order valence-corrected chi connectivity index (χ2v) is 9.66. The highest BCUT2D eigenvalue weighted by atomic mass is 16.5. The van der Waals surface area contributed by atoms with Crippen molar-refractivity contribution >= 4 is 22.5 Å². The van der Waals surface area contributed by atoms with Crippen molar-refractivity contribution in [2.24, 2.45) is 5.73 Å². The number of nitrogens with two attached hydrogens (primary N) is 1. The van der Waals surface area contributed by atoms with Crippen LogP contribution in [0.1, 0.15) is 37.0 Å². The number of nitrogens with zero attached hydrogens (tertiary/aromatic N) is 4. The molecule has 0 radical (unpaired) electrons. The van der Waals surface area contributed by atoms with E-state index < -0.39 is 11.6 Å². The molecule has 0 saturated heterocycles. The largest absolute Gasteiger partial charge is 0.483 e. The van der Waals surface area contributed by atoms with E-state index in [1.54, 1.807) is 18.2 Å². The number of hydrogen-bond acceptors (Lipinski definition) is 7. The summed E-state index contributed by atoms with van der Waals surface area (Å²) in [6, 6.07) is 24.8. The molecule has 5 rings (SSSR count). The van der Waals surface area contributed by atoms with Crippen molar-refractivity contribution in [3.8, 4) is 5.75 Å². The van der Waals surface area contributed by atoms with Crippen LogP contribution >= 0.6 is 0 Å². The molecule has 38 heavy (non-hydrogen) atoms. The summed E-state index contributed by atoms with van der Waals surface area (Å²) in [5.41, 5.74) is 8.24. The van der Waals surface area contributed by atoms with E-state index in [0.717, 1.165) is 22.2 Å². The summed E-state index contributed by atoms with van der Waals surface area (Å²) in [5.74, 6) is 0.743. The third kappa shape index (κ3) is 5.80. The first kappa shape index (κ1) is 25.3. The molecule has 0 aliphatic heterocycles. The lowest BCUT2D eigenvalue weighted by molar-refractivity contribution is -0.126. The summed E-state index contributed by atoms with van der Waals surface area (Å²) in [6.45, 7) is 4.15. The van der Waals surface area contributed by atoms with Gasteiger partial charge in [-0.05, 0) is 43.7 Å². The fraction of sp³-hybridized carbons (Fsp3) is 0.241. The number of hydrogen-bond donors (Lipinski definition) is 2. The first-order valence-electron chi connectivity index (χ1n) is 12.4. The van der Waals surface area contributed by atoms with Crippen LogP contribution in [-0.4, -0.2) is 37.6 Å². The monoisotopic (exact) mass is 510 g/mol. The Morgan fingerprint density at radius 1 is 0.974 bits per heavy atom. The SMILES string of the molecule is CC(C)(N)C(=O)N[C@H](COCc1ccccc1)c1nnc2c(OCc3ccc4ccccc4n3)cccn12. The maximum atomic E-state index is 12.8. The Morgan fingerprint density at radius 2 is 1.76 bits per heavy atom. The highest BCUT2D eigenvalue weighted by molar-refractivity contribution is 5.85. The Hall–Kier alpha value is -4.34. The summed E-state index contributed by atoms with van der Waals surface area (Å²) < 4.78 is 13.9. The van der Waals surface area contributed by atoms with Crippen LogP contribution in [0.3, 0.4) is 0 Å². The van der Waals surface area contributed by atoms with E-state index in [1.807, 2.05) is 85.1 Å². The minimum Gasteiger partial charge on any atom is -0.483 e. The molecule has 9 nitrogen and oxygen atoms in total. The molecule has 1 atom stereocenters. The Morgan fingerprint density at radius 3 is 2.58 bits per heavy atom. The molecule has 0 fully saturated rings. The van der Waals surface area contributed by atoms with E-state index >= 15 is 0 Å². The van der Waals surface area contributed by atoms with Gasteiger partial charge in [0.15, 0.2) is 11.6 Å². The van der Waals surface area contributed by atoms with E-state index in [-0.39, 0.29) is 19.1 Å². The summed E-state index contributed by atoms with van der Waals surface area (Å²) >= 11 is 0. The van der Waals surface area contributed by atoms with Gasteiger partial charge in [0.25, 0.3) is 0 Å². The van der Waals surface area contributed by atoms with E-state index in [0.29, 0.717) is 23.8 Å². The molecule has 5 aromatic rings. The van der Waals surface area contributed by atoms with Crippen LogP contribution in [0.2, 0.25) is 0 Å². The quantitative estimate of drug-likeness (QED) is 0.292. The maximum absolute atomic E-state index is 12.8. The van der Waals surface area contributed by atoms with Crippen molar-refractivity contribution in [1.29, 1.82) is 0 Å². The first-order valence-corrected chi connectivity index (χ1v) is 12.4.